The van der Waals surface area contributed by atoms with Crippen molar-refractivity contribution in [3.63, 3.8) is 0 Å². The number of carbonyl (C=O) groups is 2. The molecule has 1 fully saturated rings. The van der Waals surface area contributed by atoms with Crippen molar-refractivity contribution >= 4 is 23.3 Å². The number of Topliss-reactive ketones (excluding diaryl/α,β-unsaturated/α-hetero) is 1. The first kappa shape index (κ1) is 19.9. The molecule has 1 saturated heterocycles. The second-order valence-corrected chi connectivity index (χ2v) is 7.10. The van der Waals surface area contributed by atoms with Crippen LogP contribution in [0, 0.1) is 0 Å². The van der Waals surface area contributed by atoms with Gasteiger partial charge in [-0.15, -0.1) is 0 Å². The fourth-order valence-corrected chi connectivity index (χ4v) is 3.09. The lowest BCUT2D eigenvalue weighted by atomic mass is 10.0. The first-order valence-corrected chi connectivity index (χ1v) is 9.16. The number of likely N-dealkylation sites (N-methyl/N-ethyl adjacent to an activating group) is 1. The van der Waals surface area contributed by atoms with E-state index in [1.807, 2.05) is 19.0 Å². The predicted molar refractivity (Wildman–Crippen MR) is 99.1 cm³/mol. The van der Waals surface area contributed by atoms with E-state index in [4.69, 9.17) is 16.3 Å². The van der Waals surface area contributed by atoms with Crippen LogP contribution < -0.4 is 0 Å². The Morgan fingerprint density at radius 3 is 2.32 bits per heavy atom. The molecule has 1 amide bonds. The molecule has 0 radical (unpaired) electrons. The summed E-state index contributed by atoms with van der Waals surface area (Å²) >= 11 is 5.85. The normalized spacial score (nSPS) is 15.4. The van der Waals surface area contributed by atoms with Crippen LogP contribution in [-0.2, 0) is 9.53 Å². The van der Waals surface area contributed by atoms with E-state index in [9.17, 15) is 9.59 Å². The second kappa shape index (κ2) is 9.90. The Labute approximate surface area is 154 Å². The Balaban J connectivity index is 1.93. The Morgan fingerprint density at radius 2 is 1.72 bits per heavy atom. The summed E-state index contributed by atoms with van der Waals surface area (Å²) in [6.07, 6.45) is 2.20. The zero-order chi connectivity index (χ0) is 18.2. The summed E-state index contributed by atoms with van der Waals surface area (Å²) in [6, 6.07) is 7.02. The number of carbonyl (C=O) groups excluding carboxylic acids is 2. The number of hydrogen-bond donors (Lipinski definition) is 0. The van der Waals surface area contributed by atoms with Crippen molar-refractivity contribution in [1.29, 1.82) is 0 Å². The summed E-state index contributed by atoms with van der Waals surface area (Å²) in [6.45, 7) is 2.89. The Bertz CT molecular complexity index is 569. The van der Waals surface area contributed by atoms with Crippen molar-refractivity contribution < 1.29 is 14.3 Å². The SMILES string of the molecule is CN(C)CCN(C(=O)CCC(=O)c1ccc(Cl)cc1)C1CCOCC1. The van der Waals surface area contributed by atoms with Gasteiger partial charge in [-0.05, 0) is 51.2 Å². The Hall–Kier alpha value is -1.43. The van der Waals surface area contributed by atoms with Gasteiger partial charge in [0.2, 0.25) is 5.91 Å². The van der Waals surface area contributed by atoms with Crippen molar-refractivity contribution in [3.8, 4) is 0 Å². The van der Waals surface area contributed by atoms with Gasteiger partial charge in [0.15, 0.2) is 5.78 Å². The smallest absolute Gasteiger partial charge is 0.223 e. The molecule has 0 bridgehead atoms. The molecule has 1 aromatic rings. The first-order valence-electron chi connectivity index (χ1n) is 8.78. The molecule has 2 rings (SSSR count). The highest BCUT2D eigenvalue weighted by atomic mass is 35.5. The highest BCUT2D eigenvalue weighted by Crippen LogP contribution is 2.17. The number of halogens is 1. The van der Waals surface area contributed by atoms with Crippen molar-refractivity contribution in [2.45, 2.75) is 31.7 Å². The van der Waals surface area contributed by atoms with Crippen LogP contribution in [0.2, 0.25) is 5.02 Å². The lowest BCUT2D eigenvalue weighted by Gasteiger charge is -2.35. The number of hydrogen-bond acceptors (Lipinski definition) is 4. The summed E-state index contributed by atoms with van der Waals surface area (Å²) in [7, 11) is 3.99. The van der Waals surface area contributed by atoms with Gasteiger partial charge in [0.25, 0.3) is 0 Å². The maximum absolute atomic E-state index is 12.7. The minimum absolute atomic E-state index is 0.0236. The standard InChI is InChI=1S/C19H27ClN2O3/c1-21(2)11-12-22(17-9-13-25-14-10-17)19(24)8-7-18(23)15-3-5-16(20)6-4-15/h3-6,17H,7-14H2,1-2H3. The van der Waals surface area contributed by atoms with E-state index < -0.39 is 0 Å². The van der Waals surface area contributed by atoms with E-state index >= 15 is 0 Å². The highest BCUT2D eigenvalue weighted by Gasteiger charge is 2.26. The third kappa shape index (κ3) is 6.42. The van der Waals surface area contributed by atoms with Crippen molar-refractivity contribution in [3.05, 3.63) is 34.9 Å². The molecule has 0 saturated carbocycles. The van der Waals surface area contributed by atoms with Gasteiger partial charge in [-0.25, -0.2) is 0 Å². The molecular formula is C19H27ClN2O3. The molecule has 0 N–H and O–H groups in total. The highest BCUT2D eigenvalue weighted by molar-refractivity contribution is 6.30. The van der Waals surface area contributed by atoms with Crippen LogP contribution in [0.4, 0.5) is 0 Å². The number of nitrogens with zero attached hydrogens (tertiary/aromatic N) is 2. The molecule has 138 valence electrons. The molecular weight excluding hydrogens is 340 g/mol. The van der Waals surface area contributed by atoms with Crippen LogP contribution in [0.25, 0.3) is 0 Å². The van der Waals surface area contributed by atoms with Gasteiger partial charge < -0.3 is 14.5 Å². The van der Waals surface area contributed by atoms with Crippen LogP contribution >= 0.6 is 11.6 Å². The predicted octanol–water partition coefficient (Wildman–Crippen LogP) is 2.87. The van der Waals surface area contributed by atoms with E-state index in [0.717, 1.165) is 19.4 Å². The third-order valence-corrected chi connectivity index (χ3v) is 4.72. The Morgan fingerprint density at radius 1 is 1.08 bits per heavy atom. The summed E-state index contributed by atoms with van der Waals surface area (Å²) in [5.41, 5.74) is 0.600. The fraction of sp³-hybridized carbons (Fsp3) is 0.579. The van der Waals surface area contributed by atoms with E-state index in [1.54, 1.807) is 24.3 Å². The minimum atomic E-state index is -0.0236. The lowest BCUT2D eigenvalue weighted by Crippen LogP contribution is -2.46. The van der Waals surface area contributed by atoms with Crippen molar-refractivity contribution in [1.82, 2.24) is 9.80 Å². The van der Waals surface area contributed by atoms with Crippen LogP contribution in [-0.4, -0.2) is 67.9 Å². The van der Waals surface area contributed by atoms with Gasteiger partial charge in [-0.2, -0.15) is 0 Å². The number of ketones is 1. The zero-order valence-corrected chi connectivity index (χ0v) is 15.8. The van der Waals surface area contributed by atoms with E-state index in [0.29, 0.717) is 30.3 Å². The molecule has 6 heteroatoms. The van der Waals surface area contributed by atoms with Crippen LogP contribution in [0.5, 0.6) is 0 Å². The van der Waals surface area contributed by atoms with Crippen LogP contribution in [0.3, 0.4) is 0 Å². The molecule has 1 aliphatic rings. The van der Waals surface area contributed by atoms with Gasteiger partial charge in [0.05, 0.1) is 0 Å². The van der Waals surface area contributed by atoms with E-state index in [1.165, 1.54) is 0 Å². The quantitative estimate of drug-likeness (QED) is 0.664. The number of amides is 1. The lowest BCUT2D eigenvalue weighted by molar-refractivity contribution is -0.135. The van der Waals surface area contributed by atoms with Crippen molar-refractivity contribution in [2.24, 2.45) is 0 Å². The zero-order valence-electron chi connectivity index (χ0n) is 15.0. The monoisotopic (exact) mass is 366 g/mol. The summed E-state index contributed by atoms with van der Waals surface area (Å²) in [5, 5.41) is 0.599. The second-order valence-electron chi connectivity index (χ2n) is 6.66. The molecule has 0 atom stereocenters. The fourth-order valence-electron chi connectivity index (χ4n) is 2.96. The van der Waals surface area contributed by atoms with Gasteiger partial charge >= 0.3 is 0 Å². The number of rotatable bonds is 8. The maximum atomic E-state index is 12.7. The molecule has 25 heavy (non-hydrogen) atoms. The molecule has 0 aromatic heterocycles. The number of benzene rings is 1. The molecule has 1 aromatic carbocycles. The summed E-state index contributed by atoms with van der Waals surface area (Å²) in [4.78, 5) is 29.0. The van der Waals surface area contributed by atoms with Crippen LogP contribution in [0.1, 0.15) is 36.0 Å². The van der Waals surface area contributed by atoms with Crippen LogP contribution in [0.15, 0.2) is 24.3 Å². The van der Waals surface area contributed by atoms with Gasteiger partial charge in [0.1, 0.15) is 0 Å². The maximum Gasteiger partial charge on any atom is 0.223 e. The molecule has 5 nitrogen and oxygen atoms in total. The molecule has 0 spiro atoms. The van der Waals surface area contributed by atoms with Gasteiger partial charge in [0, 0.05) is 55.8 Å². The Kier molecular flexibility index (Phi) is 7.88. The topological polar surface area (TPSA) is 49.9 Å². The molecule has 1 aliphatic heterocycles. The first-order chi connectivity index (χ1) is 12.0. The van der Waals surface area contributed by atoms with Gasteiger partial charge in [-0.3, -0.25) is 9.59 Å². The summed E-state index contributed by atoms with van der Waals surface area (Å²) < 4.78 is 5.41. The molecule has 0 unspecified atom stereocenters. The van der Waals surface area contributed by atoms with Crippen molar-refractivity contribution in [2.75, 3.05) is 40.4 Å². The molecule has 0 aliphatic carbocycles. The third-order valence-electron chi connectivity index (χ3n) is 4.47. The average Bonchev–Trinajstić information content (AvgIpc) is 2.61. The van der Waals surface area contributed by atoms with Gasteiger partial charge in [-0.1, -0.05) is 11.6 Å². The average molecular weight is 367 g/mol. The number of ether oxygens (including phenoxy) is 1. The minimum Gasteiger partial charge on any atom is -0.381 e. The largest absolute Gasteiger partial charge is 0.381 e. The molecule has 1 heterocycles. The van der Waals surface area contributed by atoms with E-state index in [2.05, 4.69) is 4.90 Å². The van der Waals surface area contributed by atoms with E-state index in [-0.39, 0.29) is 30.6 Å². The summed E-state index contributed by atoms with van der Waals surface area (Å²) in [5.74, 6) is 0.0283.